The fourth-order valence-corrected chi connectivity index (χ4v) is 5.51. The van der Waals surface area contributed by atoms with Crippen molar-refractivity contribution in [3.8, 4) is 0 Å². The highest BCUT2D eigenvalue weighted by Gasteiger charge is 2.38. The Bertz CT molecular complexity index is 911. The summed E-state index contributed by atoms with van der Waals surface area (Å²) in [5.74, 6) is -1.00. The van der Waals surface area contributed by atoms with Crippen LogP contribution in [0.3, 0.4) is 0 Å². The van der Waals surface area contributed by atoms with Crippen LogP contribution < -0.4 is 0 Å². The average Bonchev–Trinajstić information content (AvgIpc) is 2.71. The van der Waals surface area contributed by atoms with Crippen LogP contribution in [-0.4, -0.2) is 73.1 Å². The van der Waals surface area contributed by atoms with E-state index in [1.807, 2.05) is 12.1 Å². The first kappa shape index (κ1) is 22.5. The van der Waals surface area contributed by atoms with Crippen molar-refractivity contribution in [1.82, 2.24) is 14.1 Å². The number of nitrogens with zero attached hydrogens (tertiary/aromatic N) is 3. The van der Waals surface area contributed by atoms with E-state index in [0.717, 1.165) is 5.56 Å². The summed E-state index contributed by atoms with van der Waals surface area (Å²) in [5.41, 5.74) is 1.04. The summed E-state index contributed by atoms with van der Waals surface area (Å²) < 4.78 is 27.6. The average molecular weight is 434 g/mol. The van der Waals surface area contributed by atoms with Crippen LogP contribution in [0, 0.1) is 0 Å². The Morgan fingerprint density at radius 3 is 2.13 bits per heavy atom. The van der Waals surface area contributed by atoms with Crippen LogP contribution in [0.5, 0.6) is 0 Å². The number of carbonyl (C=O) groups excluding carboxylic acids is 2. The van der Waals surface area contributed by atoms with Gasteiger partial charge in [0.2, 0.25) is 10.0 Å². The van der Waals surface area contributed by atoms with Crippen LogP contribution in [-0.2, 0) is 25.0 Å². The highest BCUT2D eigenvalue weighted by Crippen LogP contribution is 2.27. The number of amides is 2. The minimum atomic E-state index is -3.58. The summed E-state index contributed by atoms with van der Waals surface area (Å²) in [7, 11) is -3.58. The number of piperidine rings is 1. The van der Waals surface area contributed by atoms with E-state index in [9.17, 15) is 18.0 Å². The molecule has 30 heavy (non-hydrogen) atoms. The predicted molar refractivity (Wildman–Crippen MR) is 115 cm³/mol. The van der Waals surface area contributed by atoms with E-state index < -0.39 is 21.8 Å². The lowest BCUT2D eigenvalue weighted by atomic mass is 9.87. The van der Waals surface area contributed by atoms with Crippen molar-refractivity contribution in [2.24, 2.45) is 0 Å². The normalized spacial score (nSPS) is 20.0. The van der Waals surface area contributed by atoms with Gasteiger partial charge in [-0.3, -0.25) is 9.59 Å². The summed E-state index contributed by atoms with van der Waals surface area (Å²) in [6, 6.07) is 6.97. The van der Waals surface area contributed by atoms with Gasteiger partial charge in [-0.25, -0.2) is 8.42 Å². The molecule has 0 radical (unpaired) electrons. The summed E-state index contributed by atoms with van der Waals surface area (Å²) in [5, 5.41) is 0. The lowest BCUT2D eigenvalue weighted by Gasteiger charge is -2.41. The summed E-state index contributed by atoms with van der Waals surface area (Å²) in [4.78, 5) is 28.1. The standard InChI is InChI=1S/C22H31N3O4S/c1-5-12-23-15-16-25(21(27)20(23)26)18-10-13-24(14-11-18)30(28,29)19-8-6-17(7-9-19)22(2,3)4/h5-9,18H,1,10-16H2,2-4H3. The van der Waals surface area contributed by atoms with Gasteiger partial charge in [0.15, 0.2) is 0 Å². The van der Waals surface area contributed by atoms with Gasteiger partial charge in [-0.05, 0) is 36.0 Å². The first-order valence-electron chi connectivity index (χ1n) is 10.4. The molecule has 0 saturated carbocycles. The Balaban J connectivity index is 1.64. The molecular weight excluding hydrogens is 402 g/mol. The first-order valence-corrected chi connectivity index (χ1v) is 11.8. The smallest absolute Gasteiger partial charge is 0.312 e. The molecule has 0 atom stereocenters. The molecule has 2 aliphatic rings. The molecule has 3 rings (SSSR count). The van der Waals surface area contributed by atoms with Crippen molar-refractivity contribution in [3.05, 3.63) is 42.5 Å². The molecule has 2 aliphatic heterocycles. The van der Waals surface area contributed by atoms with Crippen molar-refractivity contribution in [3.63, 3.8) is 0 Å². The molecule has 2 fully saturated rings. The van der Waals surface area contributed by atoms with Gasteiger partial charge >= 0.3 is 11.8 Å². The quantitative estimate of drug-likeness (QED) is 0.526. The summed E-state index contributed by atoms with van der Waals surface area (Å²) in [6.07, 6.45) is 2.66. The minimum Gasteiger partial charge on any atom is -0.330 e. The highest BCUT2D eigenvalue weighted by atomic mass is 32.2. The van der Waals surface area contributed by atoms with Gasteiger partial charge in [-0.1, -0.05) is 39.0 Å². The van der Waals surface area contributed by atoms with Crippen molar-refractivity contribution < 1.29 is 18.0 Å². The summed E-state index contributed by atoms with van der Waals surface area (Å²) >= 11 is 0. The van der Waals surface area contributed by atoms with Crippen LogP contribution in [0.4, 0.5) is 0 Å². The van der Waals surface area contributed by atoms with E-state index in [2.05, 4.69) is 27.4 Å². The van der Waals surface area contributed by atoms with E-state index >= 15 is 0 Å². The van der Waals surface area contributed by atoms with E-state index in [1.165, 1.54) is 9.21 Å². The third-order valence-electron chi connectivity index (χ3n) is 5.91. The van der Waals surface area contributed by atoms with Gasteiger partial charge in [0.05, 0.1) is 4.90 Å². The maximum absolute atomic E-state index is 13.0. The molecule has 7 nitrogen and oxygen atoms in total. The highest BCUT2D eigenvalue weighted by molar-refractivity contribution is 7.89. The molecule has 0 unspecified atom stereocenters. The van der Waals surface area contributed by atoms with Crippen LogP contribution in [0.15, 0.2) is 41.8 Å². The molecule has 1 aromatic rings. The third kappa shape index (κ3) is 4.44. The second kappa shape index (κ2) is 8.51. The van der Waals surface area contributed by atoms with Gasteiger partial charge in [0, 0.05) is 38.8 Å². The van der Waals surface area contributed by atoms with E-state index in [4.69, 9.17) is 0 Å². The first-order chi connectivity index (χ1) is 14.1. The monoisotopic (exact) mass is 433 g/mol. The number of benzene rings is 1. The maximum atomic E-state index is 13.0. The number of hydrogen-bond donors (Lipinski definition) is 0. The maximum Gasteiger partial charge on any atom is 0.312 e. The van der Waals surface area contributed by atoms with Gasteiger partial charge < -0.3 is 9.80 Å². The molecular formula is C22H31N3O4S. The van der Waals surface area contributed by atoms with Gasteiger partial charge in [-0.15, -0.1) is 6.58 Å². The zero-order valence-corrected chi connectivity index (χ0v) is 18.8. The Morgan fingerprint density at radius 2 is 1.60 bits per heavy atom. The van der Waals surface area contributed by atoms with Gasteiger partial charge in [-0.2, -0.15) is 4.31 Å². The molecule has 2 heterocycles. The van der Waals surface area contributed by atoms with Crippen molar-refractivity contribution in [1.29, 1.82) is 0 Å². The van der Waals surface area contributed by atoms with Crippen molar-refractivity contribution >= 4 is 21.8 Å². The number of sulfonamides is 1. The van der Waals surface area contributed by atoms with Crippen LogP contribution in [0.1, 0.15) is 39.2 Å². The van der Waals surface area contributed by atoms with Gasteiger partial charge in [0.25, 0.3) is 0 Å². The topological polar surface area (TPSA) is 78.0 Å². The van der Waals surface area contributed by atoms with Crippen molar-refractivity contribution in [2.75, 3.05) is 32.7 Å². The zero-order valence-electron chi connectivity index (χ0n) is 18.0. The van der Waals surface area contributed by atoms with Crippen LogP contribution in [0.2, 0.25) is 0 Å². The molecule has 0 bridgehead atoms. The number of rotatable bonds is 5. The molecule has 8 heteroatoms. The predicted octanol–water partition coefficient (Wildman–Crippen LogP) is 1.99. The number of carbonyl (C=O) groups is 2. The van der Waals surface area contributed by atoms with E-state index in [-0.39, 0.29) is 11.5 Å². The minimum absolute atomic E-state index is 0.0414. The molecule has 164 valence electrons. The number of hydrogen-bond acceptors (Lipinski definition) is 4. The third-order valence-corrected chi connectivity index (χ3v) is 7.83. The second-order valence-electron chi connectivity index (χ2n) is 8.95. The molecule has 1 aromatic carbocycles. The Labute approximate surface area is 179 Å². The van der Waals surface area contributed by atoms with E-state index in [1.54, 1.807) is 23.1 Å². The second-order valence-corrected chi connectivity index (χ2v) is 10.9. The fourth-order valence-electron chi connectivity index (χ4n) is 4.04. The Hall–Kier alpha value is -2.19. The Kier molecular flexibility index (Phi) is 6.38. The van der Waals surface area contributed by atoms with E-state index in [0.29, 0.717) is 50.5 Å². The lowest BCUT2D eigenvalue weighted by Crippen LogP contribution is -2.59. The van der Waals surface area contributed by atoms with Crippen LogP contribution in [0.25, 0.3) is 0 Å². The molecule has 0 spiro atoms. The molecule has 2 saturated heterocycles. The van der Waals surface area contributed by atoms with Crippen LogP contribution >= 0.6 is 0 Å². The number of piperazine rings is 1. The Morgan fingerprint density at radius 1 is 1.00 bits per heavy atom. The zero-order chi connectivity index (χ0) is 22.1. The SMILES string of the molecule is C=CCN1CCN(C2CCN(S(=O)(=O)c3ccc(C(C)(C)C)cc3)CC2)C(=O)C1=O. The molecule has 0 aromatic heterocycles. The largest absolute Gasteiger partial charge is 0.330 e. The lowest BCUT2D eigenvalue weighted by molar-refractivity contribution is -0.157. The summed E-state index contributed by atoms with van der Waals surface area (Å²) in [6.45, 7) is 11.9. The van der Waals surface area contributed by atoms with Gasteiger partial charge in [0.1, 0.15) is 0 Å². The fraction of sp³-hybridized carbons (Fsp3) is 0.545. The molecule has 2 amide bonds. The van der Waals surface area contributed by atoms with Crippen molar-refractivity contribution in [2.45, 2.75) is 50.0 Å². The molecule has 0 aliphatic carbocycles. The molecule has 0 N–H and O–H groups in total.